The molecule has 1 aromatic carbocycles. The van der Waals surface area contributed by atoms with Gasteiger partial charge in [-0.2, -0.15) is 11.3 Å². The third kappa shape index (κ3) is 5.91. The Hall–Kier alpha value is -2.18. The molecule has 1 aromatic heterocycles. The highest BCUT2D eigenvalue weighted by molar-refractivity contribution is 7.08. The van der Waals surface area contributed by atoms with Crippen molar-refractivity contribution in [2.75, 3.05) is 26.2 Å². The molecule has 0 spiro atoms. The van der Waals surface area contributed by atoms with Crippen LogP contribution in [0.2, 0.25) is 0 Å². The molecule has 2 aromatic rings. The average molecular weight is 386 g/mol. The molecule has 144 valence electrons. The Morgan fingerprint density at radius 3 is 2.56 bits per heavy atom. The molecule has 0 radical (unpaired) electrons. The zero-order valence-electron chi connectivity index (χ0n) is 15.5. The van der Waals surface area contributed by atoms with Gasteiger partial charge in [0.2, 0.25) is 5.91 Å². The number of nitrogens with zero attached hydrogens (tertiary/aromatic N) is 1. The van der Waals surface area contributed by atoms with Crippen molar-refractivity contribution < 1.29 is 9.59 Å². The molecule has 1 fully saturated rings. The average Bonchev–Trinajstić information content (AvgIpc) is 3.40. The van der Waals surface area contributed by atoms with Gasteiger partial charge < -0.3 is 10.6 Å². The first-order chi connectivity index (χ1) is 13.2. The van der Waals surface area contributed by atoms with E-state index in [9.17, 15) is 9.59 Å². The lowest BCUT2D eigenvalue weighted by atomic mass is 10.1. The molecule has 1 saturated heterocycles. The Morgan fingerprint density at radius 1 is 1.07 bits per heavy atom. The van der Waals surface area contributed by atoms with E-state index < -0.39 is 0 Å². The van der Waals surface area contributed by atoms with Gasteiger partial charge in [0.1, 0.15) is 0 Å². The summed E-state index contributed by atoms with van der Waals surface area (Å²) < 4.78 is 0. The molecule has 1 aliphatic heterocycles. The van der Waals surface area contributed by atoms with Gasteiger partial charge in [-0.3, -0.25) is 14.5 Å². The SMILES string of the molecule is O=C(CCCNC(=O)c1ccsc1)NCC(c1ccccc1)N1CCCC1. The molecule has 0 saturated carbocycles. The summed E-state index contributed by atoms with van der Waals surface area (Å²) in [7, 11) is 0. The number of carbonyl (C=O) groups is 2. The number of carbonyl (C=O) groups excluding carboxylic acids is 2. The topological polar surface area (TPSA) is 61.4 Å². The van der Waals surface area contributed by atoms with Crippen LogP contribution in [0.3, 0.4) is 0 Å². The highest BCUT2D eigenvalue weighted by Crippen LogP contribution is 2.24. The van der Waals surface area contributed by atoms with E-state index in [2.05, 4.69) is 39.8 Å². The lowest BCUT2D eigenvalue weighted by Crippen LogP contribution is -2.37. The second kappa shape index (κ2) is 10.2. The van der Waals surface area contributed by atoms with Gasteiger partial charge in [0, 0.05) is 30.5 Å². The molecular weight excluding hydrogens is 358 g/mol. The standard InChI is InChI=1S/C21H27N3O2S/c25-20(9-6-11-22-21(26)18-10-14-27-16-18)23-15-19(24-12-4-5-13-24)17-7-2-1-3-8-17/h1-3,7-8,10,14,16,19H,4-6,9,11-13,15H2,(H,22,26)(H,23,25). The fourth-order valence-corrected chi connectivity index (χ4v) is 4.07. The van der Waals surface area contributed by atoms with Crippen molar-refractivity contribution in [1.82, 2.24) is 15.5 Å². The van der Waals surface area contributed by atoms with Crippen LogP contribution in [0.1, 0.15) is 47.6 Å². The van der Waals surface area contributed by atoms with Crippen molar-refractivity contribution in [2.45, 2.75) is 31.7 Å². The van der Waals surface area contributed by atoms with Gasteiger partial charge in [-0.05, 0) is 49.4 Å². The minimum Gasteiger partial charge on any atom is -0.354 e. The van der Waals surface area contributed by atoms with Crippen molar-refractivity contribution in [2.24, 2.45) is 0 Å². The summed E-state index contributed by atoms with van der Waals surface area (Å²) in [6.07, 6.45) is 3.51. The summed E-state index contributed by atoms with van der Waals surface area (Å²) in [5.74, 6) is -0.0326. The third-order valence-corrected chi connectivity index (χ3v) is 5.59. The van der Waals surface area contributed by atoms with Crippen LogP contribution in [-0.2, 0) is 4.79 Å². The van der Waals surface area contributed by atoms with Crippen molar-refractivity contribution in [3.05, 3.63) is 58.3 Å². The van der Waals surface area contributed by atoms with E-state index in [0.29, 0.717) is 31.5 Å². The Bertz CT molecular complexity index is 712. The molecule has 1 aliphatic rings. The highest BCUT2D eigenvalue weighted by atomic mass is 32.1. The van der Waals surface area contributed by atoms with Gasteiger partial charge in [-0.15, -0.1) is 0 Å². The molecule has 0 bridgehead atoms. The van der Waals surface area contributed by atoms with Gasteiger partial charge in [0.25, 0.3) is 5.91 Å². The number of thiophene rings is 1. The van der Waals surface area contributed by atoms with Crippen LogP contribution < -0.4 is 10.6 Å². The molecule has 2 amide bonds. The Balaban J connectivity index is 1.40. The van der Waals surface area contributed by atoms with Crippen LogP contribution in [0.4, 0.5) is 0 Å². The molecule has 2 heterocycles. The summed E-state index contributed by atoms with van der Waals surface area (Å²) in [6, 6.07) is 12.4. The second-order valence-corrected chi connectivity index (χ2v) is 7.63. The number of amides is 2. The smallest absolute Gasteiger partial charge is 0.252 e. The summed E-state index contributed by atoms with van der Waals surface area (Å²) in [5, 5.41) is 9.64. The molecule has 27 heavy (non-hydrogen) atoms. The predicted octanol–water partition coefficient (Wildman–Crippen LogP) is 3.21. The normalized spacial score (nSPS) is 15.4. The molecular formula is C21H27N3O2S. The summed E-state index contributed by atoms with van der Waals surface area (Å²) in [4.78, 5) is 26.5. The molecule has 1 atom stereocenters. The minimum atomic E-state index is -0.0742. The maximum atomic E-state index is 12.2. The molecule has 6 heteroatoms. The Kier molecular flexibility index (Phi) is 7.42. The zero-order valence-corrected chi connectivity index (χ0v) is 16.3. The van der Waals surface area contributed by atoms with Crippen LogP contribution in [0.15, 0.2) is 47.2 Å². The van der Waals surface area contributed by atoms with E-state index in [1.807, 2.05) is 16.8 Å². The van der Waals surface area contributed by atoms with Crippen LogP contribution in [0, 0.1) is 0 Å². The molecule has 0 aliphatic carbocycles. The third-order valence-electron chi connectivity index (χ3n) is 4.91. The monoisotopic (exact) mass is 385 g/mol. The lowest BCUT2D eigenvalue weighted by Gasteiger charge is -2.28. The van der Waals surface area contributed by atoms with E-state index in [1.165, 1.54) is 29.7 Å². The first-order valence-corrected chi connectivity index (χ1v) is 10.5. The van der Waals surface area contributed by atoms with Crippen molar-refractivity contribution in [1.29, 1.82) is 0 Å². The van der Waals surface area contributed by atoms with E-state index in [1.54, 1.807) is 6.07 Å². The maximum absolute atomic E-state index is 12.2. The largest absolute Gasteiger partial charge is 0.354 e. The highest BCUT2D eigenvalue weighted by Gasteiger charge is 2.23. The number of hydrogen-bond donors (Lipinski definition) is 2. The fraction of sp³-hybridized carbons (Fsp3) is 0.429. The fourth-order valence-electron chi connectivity index (χ4n) is 3.43. The molecule has 5 nitrogen and oxygen atoms in total. The minimum absolute atomic E-state index is 0.0416. The van der Waals surface area contributed by atoms with Crippen molar-refractivity contribution >= 4 is 23.2 Å². The molecule has 1 unspecified atom stereocenters. The van der Waals surface area contributed by atoms with Crippen LogP contribution in [-0.4, -0.2) is 42.9 Å². The number of likely N-dealkylation sites (tertiary alicyclic amines) is 1. The number of rotatable bonds is 9. The molecule has 3 rings (SSSR count). The number of hydrogen-bond acceptors (Lipinski definition) is 4. The molecule has 2 N–H and O–H groups in total. The van der Waals surface area contributed by atoms with E-state index in [0.717, 1.165) is 13.1 Å². The number of benzene rings is 1. The van der Waals surface area contributed by atoms with Gasteiger partial charge in [-0.1, -0.05) is 30.3 Å². The zero-order chi connectivity index (χ0) is 18.9. The van der Waals surface area contributed by atoms with Gasteiger partial charge in [0.15, 0.2) is 0 Å². The van der Waals surface area contributed by atoms with Gasteiger partial charge in [-0.25, -0.2) is 0 Å². The predicted molar refractivity (Wildman–Crippen MR) is 109 cm³/mol. The summed E-state index contributed by atoms with van der Waals surface area (Å²) in [6.45, 7) is 3.31. The van der Waals surface area contributed by atoms with Crippen molar-refractivity contribution in [3.63, 3.8) is 0 Å². The van der Waals surface area contributed by atoms with Gasteiger partial charge in [0.05, 0.1) is 6.04 Å². The van der Waals surface area contributed by atoms with Crippen LogP contribution in [0.5, 0.6) is 0 Å². The summed E-state index contributed by atoms with van der Waals surface area (Å²) in [5.41, 5.74) is 1.93. The van der Waals surface area contributed by atoms with Crippen LogP contribution >= 0.6 is 11.3 Å². The Labute approximate surface area is 164 Å². The quantitative estimate of drug-likeness (QED) is 0.652. The van der Waals surface area contributed by atoms with E-state index >= 15 is 0 Å². The maximum Gasteiger partial charge on any atom is 0.252 e. The number of nitrogens with one attached hydrogen (secondary N) is 2. The first kappa shape index (κ1) is 19.6. The summed E-state index contributed by atoms with van der Waals surface area (Å²) >= 11 is 1.50. The second-order valence-electron chi connectivity index (χ2n) is 6.85. The van der Waals surface area contributed by atoms with Crippen LogP contribution in [0.25, 0.3) is 0 Å². The van der Waals surface area contributed by atoms with Crippen molar-refractivity contribution in [3.8, 4) is 0 Å². The lowest BCUT2D eigenvalue weighted by molar-refractivity contribution is -0.121. The van der Waals surface area contributed by atoms with E-state index in [4.69, 9.17) is 0 Å². The first-order valence-electron chi connectivity index (χ1n) is 9.60. The van der Waals surface area contributed by atoms with E-state index in [-0.39, 0.29) is 17.9 Å². The Morgan fingerprint density at radius 2 is 1.85 bits per heavy atom. The van der Waals surface area contributed by atoms with Gasteiger partial charge >= 0.3 is 0 Å².